The molecule has 0 radical (unpaired) electrons. The Morgan fingerprint density at radius 1 is 1.42 bits per heavy atom. The van der Waals surface area contributed by atoms with Gasteiger partial charge in [-0.1, -0.05) is 0 Å². The van der Waals surface area contributed by atoms with Crippen LogP contribution in [0, 0.1) is 0 Å². The van der Waals surface area contributed by atoms with Crippen molar-refractivity contribution in [2.75, 3.05) is 19.6 Å². The Kier molecular flexibility index (Phi) is 3.57. The maximum Gasteiger partial charge on any atom is 0.287 e. The second-order valence-corrected chi connectivity index (χ2v) is 5.40. The zero-order chi connectivity index (χ0) is 13.1. The van der Waals surface area contributed by atoms with Crippen molar-refractivity contribution in [1.82, 2.24) is 10.6 Å². The van der Waals surface area contributed by atoms with E-state index in [2.05, 4.69) is 10.6 Å². The number of nitrogens with one attached hydrogen (secondary N) is 2. The van der Waals surface area contributed by atoms with Gasteiger partial charge < -0.3 is 19.8 Å². The molecule has 0 aliphatic carbocycles. The van der Waals surface area contributed by atoms with Gasteiger partial charge in [-0.15, -0.1) is 0 Å². The molecule has 2 N–H and O–H groups in total. The minimum atomic E-state index is -0.167. The van der Waals surface area contributed by atoms with Crippen LogP contribution in [-0.4, -0.2) is 37.2 Å². The summed E-state index contributed by atoms with van der Waals surface area (Å²) in [5, 5.41) is 6.23. The smallest absolute Gasteiger partial charge is 0.287 e. The zero-order valence-corrected chi connectivity index (χ0v) is 11.0. The molecule has 1 aromatic rings. The van der Waals surface area contributed by atoms with E-state index in [9.17, 15) is 4.79 Å². The molecule has 2 fully saturated rings. The quantitative estimate of drug-likeness (QED) is 0.864. The molecule has 0 bridgehead atoms. The number of ether oxygens (including phenoxy) is 1. The van der Waals surface area contributed by atoms with E-state index in [1.807, 2.05) is 0 Å². The lowest BCUT2D eigenvalue weighted by Crippen LogP contribution is -2.43. The maximum atomic E-state index is 11.8. The SMILES string of the molecule is O=C(NC[C@H]1CCC2(CCNCC2)O1)c1ccco1. The summed E-state index contributed by atoms with van der Waals surface area (Å²) in [4.78, 5) is 11.8. The topological polar surface area (TPSA) is 63.5 Å². The molecule has 2 aliphatic heterocycles. The van der Waals surface area contributed by atoms with Gasteiger partial charge in [0.05, 0.1) is 18.0 Å². The van der Waals surface area contributed by atoms with Gasteiger partial charge in [0, 0.05) is 6.54 Å². The highest BCUT2D eigenvalue weighted by atomic mass is 16.5. The predicted molar refractivity (Wildman–Crippen MR) is 70.0 cm³/mol. The van der Waals surface area contributed by atoms with Crippen molar-refractivity contribution in [1.29, 1.82) is 0 Å². The molecule has 3 rings (SSSR count). The maximum absolute atomic E-state index is 11.8. The lowest BCUT2D eigenvalue weighted by atomic mass is 9.89. The van der Waals surface area contributed by atoms with Gasteiger partial charge in [0.25, 0.3) is 5.91 Å². The Balaban J connectivity index is 1.48. The van der Waals surface area contributed by atoms with Crippen LogP contribution >= 0.6 is 0 Å². The zero-order valence-electron chi connectivity index (χ0n) is 11.0. The molecule has 3 heterocycles. The lowest BCUT2D eigenvalue weighted by molar-refractivity contribution is -0.0576. The van der Waals surface area contributed by atoms with Gasteiger partial charge in [-0.3, -0.25) is 4.79 Å². The van der Waals surface area contributed by atoms with E-state index in [0.717, 1.165) is 38.8 Å². The fraction of sp³-hybridized carbons (Fsp3) is 0.643. The highest BCUT2D eigenvalue weighted by Gasteiger charge is 2.40. The third-order valence-electron chi connectivity index (χ3n) is 4.09. The van der Waals surface area contributed by atoms with Gasteiger partial charge in [0.2, 0.25) is 0 Å². The summed E-state index contributed by atoms with van der Waals surface area (Å²) in [6.07, 6.45) is 5.93. The van der Waals surface area contributed by atoms with Crippen LogP contribution in [0.25, 0.3) is 0 Å². The molecule has 0 aromatic carbocycles. The Morgan fingerprint density at radius 2 is 2.26 bits per heavy atom. The summed E-state index contributed by atoms with van der Waals surface area (Å²) in [5.74, 6) is 0.189. The van der Waals surface area contributed by atoms with Crippen LogP contribution in [0.4, 0.5) is 0 Å². The van der Waals surface area contributed by atoms with Gasteiger partial charge in [0.1, 0.15) is 0 Å². The first-order valence-corrected chi connectivity index (χ1v) is 6.98. The van der Waals surface area contributed by atoms with E-state index >= 15 is 0 Å². The summed E-state index contributed by atoms with van der Waals surface area (Å²) in [6, 6.07) is 3.38. The van der Waals surface area contributed by atoms with Crippen molar-refractivity contribution < 1.29 is 13.9 Å². The highest BCUT2D eigenvalue weighted by Crippen LogP contribution is 2.36. The normalized spacial score (nSPS) is 25.6. The number of carbonyl (C=O) groups is 1. The van der Waals surface area contributed by atoms with E-state index < -0.39 is 0 Å². The van der Waals surface area contributed by atoms with Gasteiger partial charge >= 0.3 is 0 Å². The number of carbonyl (C=O) groups excluding carboxylic acids is 1. The van der Waals surface area contributed by atoms with Gasteiger partial charge in [-0.2, -0.15) is 0 Å². The number of hydrogen-bond donors (Lipinski definition) is 2. The number of furan rings is 1. The summed E-state index contributed by atoms with van der Waals surface area (Å²) in [7, 11) is 0. The molecule has 5 nitrogen and oxygen atoms in total. The first kappa shape index (κ1) is 12.7. The van der Waals surface area contributed by atoms with E-state index in [-0.39, 0.29) is 17.6 Å². The van der Waals surface area contributed by atoms with E-state index in [1.54, 1.807) is 12.1 Å². The third-order valence-corrected chi connectivity index (χ3v) is 4.09. The van der Waals surface area contributed by atoms with E-state index in [0.29, 0.717) is 12.3 Å². The average Bonchev–Trinajstić information content (AvgIpc) is 3.08. The Hall–Kier alpha value is -1.33. The first-order chi connectivity index (χ1) is 9.27. The van der Waals surface area contributed by atoms with Crippen LogP contribution in [0.3, 0.4) is 0 Å². The molecule has 104 valence electrons. The minimum Gasteiger partial charge on any atom is -0.459 e. The average molecular weight is 264 g/mol. The van der Waals surface area contributed by atoms with Crippen LogP contribution in [0.15, 0.2) is 22.8 Å². The largest absolute Gasteiger partial charge is 0.459 e. The molecule has 1 amide bonds. The van der Waals surface area contributed by atoms with Crippen molar-refractivity contribution in [3.8, 4) is 0 Å². The molecule has 19 heavy (non-hydrogen) atoms. The summed E-state index contributed by atoms with van der Waals surface area (Å²) >= 11 is 0. The Labute approximate surface area is 112 Å². The molecule has 0 saturated carbocycles. The number of piperidine rings is 1. The number of amides is 1. The van der Waals surface area contributed by atoms with Crippen LogP contribution in [0.5, 0.6) is 0 Å². The fourth-order valence-corrected chi connectivity index (χ4v) is 2.99. The standard InChI is InChI=1S/C14H20N2O3/c17-13(12-2-1-9-18-12)16-10-11-3-4-14(19-11)5-7-15-8-6-14/h1-2,9,11,15H,3-8,10H2,(H,16,17)/t11-/m1/s1. The van der Waals surface area contributed by atoms with Crippen molar-refractivity contribution in [2.45, 2.75) is 37.4 Å². The molecule has 1 aromatic heterocycles. The summed E-state index contributed by atoms with van der Waals surface area (Å²) in [5.41, 5.74) is 0.0608. The van der Waals surface area contributed by atoms with Crippen molar-refractivity contribution in [3.63, 3.8) is 0 Å². The number of hydrogen-bond acceptors (Lipinski definition) is 4. The Bertz CT molecular complexity index is 424. The third kappa shape index (κ3) is 2.82. The minimum absolute atomic E-state index is 0.0608. The second-order valence-electron chi connectivity index (χ2n) is 5.40. The van der Waals surface area contributed by atoms with E-state index in [1.165, 1.54) is 6.26 Å². The van der Waals surface area contributed by atoms with Crippen molar-refractivity contribution in [2.24, 2.45) is 0 Å². The predicted octanol–water partition coefficient (Wildman–Crippen LogP) is 1.31. The summed E-state index contributed by atoms with van der Waals surface area (Å²) in [6.45, 7) is 2.63. The van der Waals surface area contributed by atoms with Crippen molar-refractivity contribution >= 4 is 5.91 Å². The lowest BCUT2D eigenvalue weighted by Gasteiger charge is -2.33. The molecule has 0 unspecified atom stereocenters. The van der Waals surface area contributed by atoms with E-state index in [4.69, 9.17) is 9.15 Å². The van der Waals surface area contributed by atoms with Gasteiger partial charge in [-0.05, 0) is 50.9 Å². The van der Waals surface area contributed by atoms with Gasteiger partial charge in [-0.25, -0.2) is 0 Å². The second kappa shape index (κ2) is 5.35. The van der Waals surface area contributed by atoms with Crippen LogP contribution in [0.1, 0.15) is 36.2 Å². The highest BCUT2D eigenvalue weighted by molar-refractivity contribution is 5.91. The molecular weight excluding hydrogens is 244 g/mol. The fourth-order valence-electron chi connectivity index (χ4n) is 2.99. The molecule has 1 spiro atoms. The van der Waals surface area contributed by atoms with Crippen LogP contribution in [0.2, 0.25) is 0 Å². The Morgan fingerprint density at radius 3 is 3.00 bits per heavy atom. The van der Waals surface area contributed by atoms with Crippen LogP contribution in [-0.2, 0) is 4.74 Å². The molecule has 2 saturated heterocycles. The van der Waals surface area contributed by atoms with Gasteiger partial charge in [0.15, 0.2) is 5.76 Å². The monoisotopic (exact) mass is 264 g/mol. The van der Waals surface area contributed by atoms with Crippen molar-refractivity contribution in [3.05, 3.63) is 24.2 Å². The molecule has 2 aliphatic rings. The summed E-state index contributed by atoms with van der Waals surface area (Å²) < 4.78 is 11.2. The number of rotatable bonds is 3. The molecule has 5 heteroatoms. The van der Waals surface area contributed by atoms with Crippen LogP contribution < -0.4 is 10.6 Å². The molecule has 1 atom stereocenters. The molecular formula is C14H20N2O3. The first-order valence-electron chi connectivity index (χ1n) is 6.98.